The summed E-state index contributed by atoms with van der Waals surface area (Å²) in [6, 6.07) is -2.35. The highest BCUT2D eigenvalue weighted by atomic mass is 16.3. The average Bonchev–Trinajstić information content (AvgIpc) is 3.20. The van der Waals surface area contributed by atoms with Crippen molar-refractivity contribution in [3.05, 3.63) is 35.9 Å². The van der Waals surface area contributed by atoms with Gasteiger partial charge in [0, 0.05) is 13.0 Å². The largest absolute Gasteiger partial charge is 0.394 e. The van der Waals surface area contributed by atoms with Crippen LogP contribution >= 0.6 is 0 Å². The normalized spacial score (nSPS) is 25.6. The number of amides is 8. The highest BCUT2D eigenvalue weighted by Crippen LogP contribution is 2.10. The molecule has 0 aliphatic carbocycles. The van der Waals surface area contributed by atoms with E-state index in [1.165, 1.54) is 6.92 Å². The Balaban J connectivity index is 2.69. The summed E-state index contributed by atoms with van der Waals surface area (Å²) in [4.78, 5) is 109. The summed E-state index contributed by atoms with van der Waals surface area (Å²) in [6.07, 6.45) is -2.07. The van der Waals surface area contributed by atoms with E-state index in [1.54, 1.807) is 44.2 Å². The van der Waals surface area contributed by atoms with Gasteiger partial charge in [0.2, 0.25) is 47.3 Å². The number of hydrogen-bond acceptors (Lipinski definition) is 14. The summed E-state index contributed by atoms with van der Waals surface area (Å²) < 4.78 is 0. The van der Waals surface area contributed by atoms with Gasteiger partial charge in [-0.25, -0.2) is 0 Å². The van der Waals surface area contributed by atoms with Gasteiger partial charge in [0.15, 0.2) is 0 Å². The molecule has 1 heterocycles. The molecule has 0 radical (unpaired) electrons. The molecule has 1 saturated heterocycles. The first-order valence-corrected chi connectivity index (χ1v) is 20.0. The third-order valence-corrected chi connectivity index (χ3v) is 9.48. The minimum absolute atomic E-state index is 0.0502. The molecule has 1 fully saturated rings. The summed E-state index contributed by atoms with van der Waals surface area (Å²) in [5.74, 6) is -6.99. The number of carbonyl (C=O) groups is 8. The Morgan fingerprint density at radius 1 is 0.683 bits per heavy atom. The van der Waals surface area contributed by atoms with Crippen LogP contribution in [0.15, 0.2) is 30.3 Å². The first-order chi connectivity index (χ1) is 28.4. The third-order valence-electron chi connectivity index (χ3n) is 9.48. The molecule has 22 nitrogen and oxygen atoms in total. The van der Waals surface area contributed by atoms with Crippen molar-refractivity contribution in [3.8, 4) is 0 Å². The summed E-state index contributed by atoms with van der Waals surface area (Å²) >= 11 is 0. The van der Waals surface area contributed by atoms with Crippen LogP contribution in [0.3, 0.4) is 0 Å². The highest BCUT2D eigenvalue weighted by molar-refractivity contribution is 5.98. The molecule has 1 aliphatic rings. The van der Waals surface area contributed by atoms with Gasteiger partial charge >= 0.3 is 0 Å². The number of nitrogens with one attached hydrogen (secondary N) is 8. The molecule has 1 aromatic rings. The summed E-state index contributed by atoms with van der Waals surface area (Å²) in [6.45, 7) is 3.47. The smallest absolute Gasteiger partial charge is 0.245 e. The second-order valence-electron chi connectivity index (χ2n) is 15.0. The van der Waals surface area contributed by atoms with Crippen molar-refractivity contribution in [3.63, 3.8) is 0 Å². The molecule has 0 aromatic heterocycles. The van der Waals surface area contributed by atoms with Crippen molar-refractivity contribution in [2.24, 2.45) is 28.9 Å². The molecule has 60 heavy (non-hydrogen) atoms. The molecule has 8 amide bonds. The van der Waals surface area contributed by atoms with E-state index in [4.69, 9.17) is 22.9 Å². The Morgan fingerprint density at radius 3 is 1.62 bits per heavy atom. The van der Waals surface area contributed by atoms with E-state index in [0.29, 0.717) is 5.56 Å². The fourth-order valence-electron chi connectivity index (χ4n) is 6.17. The monoisotopic (exact) mass is 848 g/mol. The standard InChI is InChI=1S/C38H64N12O10/c1-20(2)17-28-36(58)47-24(9-13-39)32(54)46-26(11-15-41)35(57)50-30(21(3)52)38(60)43-16-12-27(44-31(53)23(42)19-51)34(56)45-25(10-14-40)33(55)49-29(37(59)48-28)18-22-7-5-4-6-8-22/h4-8,20-21,23-30,51-52H,9-19,39-42H2,1-3H3,(H,43,60)(H,44,53)(H,45,56)(H,46,54)(H,47,58)(H,48,59)(H,49,55)(H,50,57)/t21-,23-,24+,25+,26+,27+,28+,29-,30+/m1/s1. The highest BCUT2D eigenvalue weighted by Gasteiger charge is 2.35. The van der Waals surface area contributed by atoms with E-state index in [9.17, 15) is 48.6 Å². The van der Waals surface area contributed by atoms with Gasteiger partial charge in [-0.2, -0.15) is 0 Å². The SMILES string of the molecule is CC(C)C[C@@H]1NC(=O)[C@@H](Cc2ccccc2)NC(=O)[C@H](CCN)NC(=O)[C@@H](NC(=O)[C@H](N)CO)CCNC(=O)[C@H]([C@@H](C)O)NC(=O)[C@H](CCN)NC(=O)[C@H](CCN)NC1=O. The number of benzene rings is 1. The molecular formula is C38H64N12O10. The number of aliphatic hydroxyl groups excluding tert-OH is 2. The minimum atomic E-state index is -1.58. The van der Waals surface area contributed by atoms with Gasteiger partial charge in [0.1, 0.15) is 48.3 Å². The molecule has 0 unspecified atom stereocenters. The van der Waals surface area contributed by atoms with Crippen molar-refractivity contribution in [1.82, 2.24) is 42.5 Å². The van der Waals surface area contributed by atoms with Gasteiger partial charge in [-0.15, -0.1) is 0 Å². The fourth-order valence-corrected chi connectivity index (χ4v) is 6.17. The van der Waals surface area contributed by atoms with E-state index < -0.39 is 108 Å². The van der Waals surface area contributed by atoms with Gasteiger partial charge in [0.25, 0.3) is 0 Å². The number of hydrogen-bond donors (Lipinski definition) is 14. The molecule has 1 aliphatic heterocycles. The van der Waals surface area contributed by atoms with Gasteiger partial charge in [-0.3, -0.25) is 38.4 Å². The molecule has 1 aromatic carbocycles. The van der Waals surface area contributed by atoms with Crippen LogP contribution in [0.4, 0.5) is 0 Å². The first kappa shape index (κ1) is 50.9. The quantitative estimate of drug-likeness (QED) is 0.0829. The number of carbonyl (C=O) groups excluding carboxylic acids is 8. The molecule has 0 bridgehead atoms. The Kier molecular flexibility index (Phi) is 22.1. The Hall–Kier alpha value is -5.26. The van der Waals surface area contributed by atoms with Crippen molar-refractivity contribution < 1.29 is 48.6 Å². The average molecular weight is 849 g/mol. The van der Waals surface area contributed by atoms with E-state index in [-0.39, 0.29) is 70.6 Å². The van der Waals surface area contributed by atoms with E-state index in [1.807, 2.05) is 0 Å². The fraction of sp³-hybridized carbons (Fsp3) is 0.632. The van der Waals surface area contributed by atoms with Gasteiger partial charge in [-0.1, -0.05) is 44.2 Å². The van der Waals surface area contributed by atoms with Gasteiger partial charge in [-0.05, 0) is 70.1 Å². The van der Waals surface area contributed by atoms with Crippen LogP contribution < -0.4 is 65.5 Å². The molecule has 2 rings (SSSR count). The third kappa shape index (κ3) is 16.8. The molecule has 0 saturated carbocycles. The van der Waals surface area contributed by atoms with Crippen LogP contribution in [-0.2, 0) is 44.8 Å². The Labute approximate surface area is 349 Å². The van der Waals surface area contributed by atoms with Crippen LogP contribution in [-0.4, -0.2) is 145 Å². The lowest BCUT2D eigenvalue weighted by atomic mass is 10.00. The predicted molar refractivity (Wildman–Crippen MR) is 218 cm³/mol. The van der Waals surface area contributed by atoms with Crippen molar-refractivity contribution in [2.75, 3.05) is 32.8 Å². The number of aliphatic hydroxyl groups is 2. The van der Waals surface area contributed by atoms with Crippen LogP contribution in [0.2, 0.25) is 0 Å². The van der Waals surface area contributed by atoms with Crippen molar-refractivity contribution in [2.45, 2.75) is 114 Å². The van der Waals surface area contributed by atoms with Crippen LogP contribution in [0.5, 0.6) is 0 Å². The van der Waals surface area contributed by atoms with Crippen LogP contribution in [0.25, 0.3) is 0 Å². The summed E-state index contributed by atoms with van der Waals surface area (Å²) in [5, 5.41) is 40.2. The summed E-state index contributed by atoms with van der Waals surface area (Å²) in [7, 11) is 0. The van der Waals surface area contributed by atoms with E-state index in [2.05, 4.69) is 42.5 Å². The van der Waals surface area contributed by atoms with Gasteiger partial charge < -0.3 is 75.7 Å². The zero-order valence-corrected chi connectivity index (χ0v) is 34.4. The lowest BCUT2D eigenvalue weighted by Gasteiger charge is -2.28. The second-order valence-corrected chi connectivity index (χ2v) is 15.0. The maximum atomic E-state index is 14.1. The number of nitrogens with two attached hydrogens (primary N) is 4. The van der Waals surface area contributed by atoms with Crippen molar-refractivity contribution >= 4 is 47.3 Å². The molecule has 22 heteroatoms. The maximum absolute atomic E-state index is 14.1. The molecule has 0 spiro atoms. The topological polar surface area (TPSA) is 377 Å². The predicted octanol–water partition coefficient (Wildman–Crippen LogP) is -6.06. The van der Waals surface area contributed by atoms with Crippen LogP contribution in [0, 0.1) is 5.92 Å². The molecular weight excluding hydrogens is 784 g/mol. The molecule has 336 valence electrons. The summed E-state index contributed by atoms with van der Waals surface area (Å²) in [5.41, 5.74) is 23.7. The first-order valence-electron chi connectivity index (χ1n) is 20.0. The maximum Gasteiger partial charge on any atom is 0.245 e. The Bertz CT molecular complexity index is 1600. The van der Waals surface area contributed by atoms with E-state index in [0.717, 1.165) is 0 Å². The van der Waals surface area contributed by atoms with Crippen molar-refractivity contribution in [1.29, 1.82) is 0 Å². The van der Waals surface area contributed by atoms with Gasteiger partial charge in [0.05, 0.1) is 12.7 Å². The Morgan fingerprint density at radius 2 is 1.13 bits per heavy atom. The van der Waals surface area contributed by atoms with Crippen LogP contribution in [0.1, 0.15) is 58.4 Å². The molecule has 9 atom stereocenters. The molecule has 18 N–H and O–H groups in total. The zero-order chi connectivity index (χ0) is 44.9. The lowest BCUT2D eigenvalue weighted by molar-refractivity contribution is -0.136. The zero-order valence-electron chi connectivity index (χ0n) is 34.4. The minimum Gasteiger partial charge on any atom is -0.394 e. The number of rotatable bonds is 14. The lowest BCUT2D eigenvalue weighted by Crippen LogP contribution is -2.61. The second kappa shape index (κ2) is 26.1. The van der Waals surface area contributed by atoms with E-state index >= 15 is 0 Å².